The highest BCUT2D eigenvalue weighted by atomic mass is 16.3. The first kappa shape index (κ1) is 9.92. The van der Waals surface area contributed by atoms with Crippen molar-refractivity contribution in [3.8, 4) is 0 Å². The molecule has 0 saturated carbocycles. The Kier molecular flexibility index (Phi) is 5.64. The third kappa shape index (κ3) is 3.18. The van der Waals surface area contributed by atoms with Crippen molar-refractivity contribution in [3.63, 3.8) is 0 Å². The fourth-order valence-electron chi connectivity index (χ4n) is 1.24. The van der Waals surface area contributed by atoms with Gasteiger partial charge in [0.2, 0.25) is 0 Å². The van der Waals surface area contributed by atoms with Crippen LogP contribution >= 0.6 is 0 Å². The quantitative estimate of drug-likeness (QED) is 0.609. The summed E-state index contributed by atoms with van der Waals surface area (Å²) in [6.07, 6.45) is 3.38. The molecule has 0 unspecified atom stereocenters. The van der Waals surface area contributed by atoms with Gasteiger partial charge in [-0.2, -0.15) is 0 Å². The Hall–Kier alpha value is -0.0800. The molecule has 2 atom stereocenters. The van der Waals surface area contributed by atoms with E-state index in [1.54, 1.807) is 0 Å². The lowest BCUT2D eigenvalue weighted by molar-refractivity contribution is 0.217. The predicted molar refractivity (Wildman–Crippen MR) is 43.8 cm³/mol. The van der Waals surface area contributed by atoms with Crippen LogP contribution in [0.15, 0.2) is 0 Å². The third-order valence-corrected chi connectivity index (χ3v) is 2.00. The van der Waals surface area contributed by atoms with Crippen LogP contribution in [0, 0.1) is 5.92 Å². The topological polar surface area (TPSA) is 46.2 Å². The van der Waals surface area contributed by atoms with E-state index in [1.807, 2.05) is 0 Å². The van der Waals surface area contributed by atoms with Crippen LogP contribution in [0.1, 0.15) is 33.1 Å². The van der Waals surface area contributed by atoms with Crippen molar-refractivity contribution in [2.45, 2.75) is 39.2 Å². The minimum atomic E-state index is -0.00931. The lowest BCUT2D eigenvalue weighted by Crippen LogP contribution is -2.33. The van der Waals surface area contributed by atoms with Gasteiger partial charge >= 0.3 is 0 Å². The molecule has 0 aromatic rings. The average Bonchev–Trinajstić information content (AvgIpc) is 1.99. The Labute approximate surface area is 63.4 Å². The molecule has 0 amide bonds. The molecule has 0 aliphatic heterocycles. The minimum absolute atomic E-state index is 0.00931. The summed E-state index contributed by atoms with van der Waals surface area (Å²) < 4.78 is 0. The second kappa shape index (κ2) is 5.69. The Balaban J connectivity index is 3.56. The molecule has 2 heteroatoms. The second-order valence-electron chi connectivity index (χ2n) is 2.80. The zero-order valence-corrected chi connectivity index (χ0v) is 7.01. The predicted octanol–water partition coefficient (Wildman–Crippen LogP) is 1.13. The van der Waals surface area contributed by atoms with E-state index in [9.17, 15) is 0 Å². The van der Waals surface area contributed by atoms with Crippen molar-refractivity contribution < 1.29 is 5.11 Å². The Morgan fingerprint density at radius 3 is 2.30 bits per heavy atom. The highest BCUT2D eigenvalue weighted by Crippen LogP contribution is 2.13. The summed E-state index contributed by atoms with van der Waals surface area (Å²) in [5.41, 5.74) is 5.66. The van der Waals surface area contributed by atoms with Crippen LogP contribution in [-0.2, 0) is 0 Å². The van der Waals surface area contributed by atoms with E-state index in [2.05, 4.69) is 13.8 Å². The van der Waals surface area contributed by atoms with Gasteiger partial charge in [0.25, 0.3) is 0 Å². The van der Waals surface area contributed by atoms with Gasteiger partial charge in [-0.3, -0.25) is 0 Å². The molecule has 3 N–H and O–H groups in total. The lowest BCUT2D eigenvalue weighted by atomic mass is 9.93. The van der Waals surface area contributed by atoms with Gasteiger partial charge in [-0.1, -0.05) is 26.7 Å². The zero-order valence-electron chi connectivity index (χ0n) is 7.01. The standard InChI is InChI=1S/C8H19NO/c1-3-5-7(4-2)8(9)6-10/h7-8,10H,3-6,9H2,1-2H3/t7-,8+/m0/s1. The minimum Gasteiger partial charge on any atom is -0.395 e. The van der Waals surface area contributed by atoms with Crippen LogP contribution in [0.2, 0.25) is 0 Å². The summed E-state index contributed by atoms with van der Waals surface area (Å²) in [5.74, 6) is 0.509. The summed E-state index contributed by atoms with van der Waals surface area (Å²) in [4.78, 5) is 0. The summed E-state index contributed by atoms with van der Waals surface area (Å²) >= 11 is 0. The number of aliphatic hydroxyl groups excluding tert-OH is 1. The fourth-order valence-corrected chi connectivity index (χ4v) is 1.24. The molecule has 2 nitrogen and oxygen atoms in total. The SMILES string of the molecule is CCC[C@H](CC)[C@H](N)CO. The van der Waals surface area contributed by atoms with E-state index >= 15 is 0 Å². The normalized spacial score (nSPS) is 16.8. The number of hydrogen-bond acceptors (Lipinski definition) is 2. The molecule has 10 heavy (non-hydrogen) atoms. The van der Waals surface area contributed by atoms with Crippen molar-refractivity contribution in [2.24, 2.45) is 11.7 Å². The largest absolute Gasteiger partial charge is 0.395 e. The molecule has 0 saturated heterocycles. The first-order valence-electron chi connectivity index (χ1n) is 4.12. The molecule has 0 rings (SSSR count). The maximum Gasteiger partial charge on any atom is 0.0585 e. The molecule has 62 valence electrons. The van der Waals surface area contributed by atoms with Crippen LogP contribution < -0.4 is 5.73 Å². The maximum absolute atomic E-state index is 8.74. The van der Waals surface area contributed by atoms with Gasteiger partial charge in [0.15, 0.2) is 0 Å². The van der Waals surface area contributed by atoms with E-state index in [0.29, 0.717) is 5.92 Å². The third-order valence-electron chi connectivity index (χ3n) is 2.00. The lowest BCUT2D eigenvalue weighted by Gasteiger charge is -2.19. The van der Waals surface area contributed by atoms with E-state index in [0.717, 1.165) is 19.3 Å². The van der Waals surface area contributed by atoms with Crippen molar-refractivity contribution in [1.29, 1.82) is 0 Å². The first-order chi connectivity index (χ1) is 4.76. The van der Waals surface area contributed by atoms with E-state index in [4.69, 9.17) is 10.8 Å². The smallest absolute Gasteiger partial charge is 0.0585 e. The van der Waals surface area contributed by atoms with E-state index in [1.165, 1.54) is 0 Å². The van der Waals surface area contributed by atoms with Crippen molar-refractivity contribution in [2.75, 3.05) is 6.61 Å². The van der Waals surface area contributed by atoms with Crippen molar-refractivity contribution in [3.05, 3.63) is 0 Å². The number of aliphatic hydroxyl groups is 1. The molecule has 0 aromatic heterocycles. The molecular formula is C8H19NO. The zero-order chi connectivity index (χ0) is 7.98. The second-order valence-corrected chi connectivity index (χ2v) is 2.80. The van der Waals surface area contributed by atoms with Gasteiger partial charge in [-0.05, 0) is 12.3 Å². The molecule has 0 aliphatic rings. The fraction of sp³-hybridized carbons (Fsp3) is 1.00. The molecule has 0 fully saturated rings. The van der Waals surface area contributed by atoms with E-state index in [-0.39, 0.29) is 12.6 Å². The monoisotopic (exact) mass is 145 g/mol. The van der Waals surface area contributed by atoms with Gasteiger partial charge in [0.1, 0.15) is 0 Å². The van der Waals surface area contributed by atoms with Crippen LogP contribution in [-0.4, -0.2) is 17.8 Å². The summed E-state index contributed by atoms with van der Waals surface area (Å²) in [6.45, 7) is 4.39. The van der Waals surface area contributed by atoms with Crippen LogP contribution in [0.25, 0.3) is 0 Å². The molecule has 0 heterocycles. The molecule has 0 aromatic carbocycles. The Bertz CT molecular complexity index is 75.7. The summed E-state index contributed by atoms with van der Waals surface area (Å²) in [6, 6.07) is -0.00931. The molecular weight excluding hydrogens is 126 g/mol. The molecule has 0 radical (unpaired) electrons. The number of rotatable bonds is 5. The molecule has 0 bridgehead atoms. The Morgan fingerprint density at radius 1 is 1.40 bits per heavy atom. The summed E-state index contributed by atoms with van der Waals surface area (Å²) in [7, 11) is 0. The van der Waals surface area contributed by atoms with Gasteiger partial charge in [0, 0.05) is 6.04 Å². The van der Waals surface area contributed by atoms with Crippen LogP contribution in [0.3, 0.4) is 0 Å². The van der Waals surface area contributed by atoms with Gasteiger partial charge in [0.05, 0.1) is 6.61 Å². The molecule has 0 spiro atoms. The first-order valence-corrected chi connectivity index (χ1v) is 4.12. The Morgan fingerprint density at radius 2 is 2.00 bits per heavy atom. The van der Waals surface area contributed by atoms with Crippen LogP contribution in [0.4, 0.5) is 0 Å². The van der Waals surface area contributed by atoms with Gasteiger partial charge < -0.3 is 10.8 Å². The maximum atomic E-state index is 8.74. The van der Waals surface area contributed by atoms with Crippen LogP contribution in [0.5, 0.6) is 0 Å². The van der Waals surface area contributed by atoms with Gasteiger partial charge in [-0.15, -0.1) is 0 Å². The summed E-state index contributed by atoms with van der Waals surface area (Å²) in [5, 5.41) is 8.74. The van der Waals surface area contributed by atoms with Crippen molar-refractivity contribution >= 4 is 0 Å². The highest BCUT2D eigenvalue weighted by Gasteiger charge is 2.12. The number of nitrogens with two attached hydrogens (primary N) is 1. The number of hydrogen-bond donors (Lipinski definition) is 2. The van der Waals surface area contributed by atoms with E-state index < -0.39 is 0 Å². The van der Waals surface area contributed by atoms with Crippen molar-refractivity contribution in [1.82, 2.24) is 0 Å². The molecule has 0 aliphatic carbocycles. The van der Waals surface area contributed by atoms with Gasteiger partial charge in [-0.25, -0.2) is 0 Å². The highest BCUT2D eigenvalue weighted by molar-refractivity contribution is 4.69. The average molecular weight is 145 g/mol.